The van der Waals surface area contributed by atoms with E-state index in [0.29, 0.717) is 12.0 Å². The number of carbonyl (C=O) groups is 1. The summed E-state index contributed by atoms with van der Waals surface area (Å²) in [6, 6.07) is 3.74. The molecule has 37 heavy (non-hydrogen) atoms. The summed E-state index contributed by atoms with van der Waals surface area (Å²) in [4.78, 5) is 13.4. The highest BCUT2D eigenvalue weighted by molar-refractivity contribution is 6.06. The molecule has 5 N–H and O–H groups in total. The lowest BCUT2D eigenvalue weighted by atomic mass is 9.83. The Balaban J connectivity index is 2.24. The van der Waals surface area contributed by atoms with Gasteiger partial charge in [0.1, 0.15) is 34.3 Å². The summed E-state index contributed by atoms with van der Waals surface area (Å²) in [5.74, 6) is -2.10. The Morgan fingerprint density at radius 3 is 2.22 bits per heavy atom. The summed E-state index contributed by atoms with van der Waals surface area (Å²) < 4.78 is 6.11. The van der Waals surface area contributed by atoms with E-state index in [4.69, 9.17) is 4.74 Å². The second-order valence-corrected chi connectivity index (χ2v) is 10.2. The highest BCUT2D eigenvalue weighted by Gasteiger charge is 2.43. The van der Waals surface area contributed by atoms with Crippen LogP contribution < -0.4 is 4.74 Å². The lowest BCUT2D eigenvalue weighted by molar-refractivity contribution is 0.0197. The third-order valence-corrected chi connectivity index (χ3v) is 6.64. The molecule has 2 aromatic carbocycles. The summed E-state index contributed by atoms with van der Waals surface area (Å²) in [5, 5.41) is 53.4. The van der Waals surface area contributed by atoms with Crippen LogP contribution in [0.3, 0.4) is 0 Å². The highest BCUT2D eigenvalue weighted by atomic mass is 16.5. The molecule has 1 aliphatic heterocycles. The molecule has 0 radical (unpaired) electrons. The predicted octanol–water partition coefficient (Wildman–Crippen LogP) is 5.79. The summed E-state index contributed by atoms with van der Waals surface area (Å²) >= 11 is 0. The molecule has 0 unspecified atom stereocenters. The Hall–Kier alpha value is -3.71. The smallest absolute Gasteiger partial charge is 0.202 e. The van der Waals surface area contributed by atoms with Crippen LogP contribution >= 0.6 is 0 Å². The Morgan fingerprint density at radius 1 is 1.00 bits per heavy atom. The van der Waals surface area contributed by atoms with E-state index in [0.717, 1.165) is 22.8 Å². The van der Waals surface area contributed by atoms with E-state index in [1.165, 1.54) is 12.1 Å². The van der Waals surface area contributed by atoms with Gasteiger partial charge in [0.15, 0.2) is 12.2 Å². The minimum atomic E-state index is -1.73. The Kier molecular flexibility index (Phi) is 8.39. The van der Waals surface area contributed by atoms with Crippen molar-refractivity contribution in [2.75, 3.05) is 0 Å². The summed E-state index contributed by atoms with van der Waals surface area (Å²) in [6.45, 7) is 13.8. The summed E-state index contributed by atoms with van der Waals surface area (Å²) in [7, 11) is 0. The van der Waals surface area contributed by atoms with Gasteiger partial charge in [0, 0.05) is 22.8 Å². The van der Waals surface area contributed by atoms with Crippen molar-refractivity contribution in [2.24, 2.45) is 5.92 Å². The van der Waals surface area contributed by atoms with E-state index in [1.54, 1.807) is 0 Å². The minimum Gasteiger partial charge on any atom is -0.508 e. The van der Waals surface area contributed by atoms with Gasteiger partial charge in [-0.2, -0.15) is 0 Å². The number of benzene rings is 2. The first kappa shape index (κ1) is 27.9. The molecule has 0 amide bonds. The van der Waals surface area contributed by atoms with E-state index < -0.39 is 23.7 Å². The molecule has 0 aliphatic carbocycles. The second kappa shape index (κ2) is 11.1. The molecule has 0 saturated carbocycles. The van der Waals surface area contributed by atoms with E-state index in [1.807, 2.05) is 40.7 Å². The average molecular weight is 509 g/mol. The van der Waals surface area contributed by atoms with Crippen molar-refractivity contribution in [1.29, 1.82) is 0 Å². The number of ether oxygens (including phenoxy) is 1. The highest BCUT2D eigenvalue weighted by Crippen LogP contribution is 2.50. The van der Waals surface area contributed by atoms with Gasteiger partial charge in [-0.05, 0) is 71.9 Å². The molecule has 0 spiro atoms. The monoisotopic (exact) mass is 508 g/mol. The first-order chi connectivity index (χ1) is 17.3. The first-order valence-electron chi connectivity index (χ1n) is 12.3. The van der Waals surface area contributed by atoms with Crippen LogP contribution in [0.2, 0.25) is 0 Å². The number of phenols is 4. The van der Waals surface area contributed by atoms with Crippen molar-refractivity contribution in [3.05, 3.63) is 75.9 Å². The lowest BCUT2D eigenvalue weighted by Crippen LogP contribution is -2.37. The van der Waals surface area contributed by atoms with Crippen LogP contribution in [-0.4, -0.2) is 37.4 Å². The fourth-order valence-electron chi connectivity index (χ4n) is 4.42. The fourth-order valence-corrected chi connectivity index (χ4v) is 4.42. The normalized spacial score (nSPS) is 17.4. The third-order valence-electron chi connectivity index (χ3n) is 6.64. The largest absolute Gasteiger partial charge is 0.508 e. The number of ketones is 1. The molecule has 1 aliphatic rings. The SMILES string of the molecule is C=C(C)[C@@H](CC=C(C)C)Cc1c(O)c(CC=C(C)C)c(O)c2c1O[C@H](c1ccc(O)cc1O)[C@@H](O)C2=O. The van der Waals surface area contributed by atoms with Gasteiger partial charge in [0.2, 0.25) is 5.78 Å². The number of fused-ring (bicyclic) bond motifs is 1. The zero-order valence-corrected chi connectivity index (χ0v) is 22.0. The zero-order chi connectivity index (χ0) is 27.6. The second-order valence-electron chi connectivity index (χ2n) is 10.2. The van der Waals surface area contributed by atoms with Gasteiger partial charge in [-0.1, -0.05) is 35.5 Å². The van der Waals surface area contributed by atoms with Gasteiger partial charge in [0.25, 0.3) is 0 Å². The van der Waals surface area contributed by atoms with Crippen LogP contribution in [0.4, 0.5) is 0 Å². The number of carbonyl (C=O) groups excluding carboxylic acids is 1. The van der Waals surface area contributed by atoms with Gasteiger partial charge >= 0.3 is 0 Å². The predicted molar refractivity (Wildman–Crippen MR) is 142 cm³/mol. The number of aromatic hydroxyl groups is 4. The van der Waals surface area contributed by atoms with Crippen LogP contribution in [0.15, 0.2) is 53.6 Å². The van der Waals surface area contributed by atoms with Gasteiger partial charge in [0.05, 0.1) is 0 Å². The van der Waals surface area contributed by atoms with E-state index >= 15 is 0 Å². The number of Topliss-reactive ketones (excluding diaryl/α,β-unsaturated/α-hetero) is 1. The van der Waals surface area contributed by atoms with E-state index in [-0.39, 0.29) is 58.4 Å². The van der Waals surface area contributed by atoms with Crippen molar-refractivity contribution < 1.29 is 35.1 Å². The standard InChI is InChI=1S/C30H36O7/c1-15(2)7-9-18(17(5)6)13-22-25(33)21(11-8-16(3)4)26(34)24-27(35)28(36)30(37-29(22)24)20-12-10-19(31)14-23(20)32/h7-8,10,12,14,18,28,30-34,36H,5,9,11,13H2,1-4,6H3/t18-,28-,30+/m0/s1. The molecule has 2 aromatic rings. The zero-order valence-electron chi connectivity index (χ0n) is 22.0. The Labute approximate surface area is 217 Å². The molecule has 7 heteroatoms. The van der Waals surface area contributed by atoms with Crippen molar-refractivity contribution in [3.8, 4) is 28.7 Å². The molecule has 7 nitrogen and oxygen atoms in total. The lowest BCUT2D eigenvalue weighted by Gasteiger charge is -2.33. The number of hydrogen-bond acceptors (Lipinski definition) is 7. The van der Waals surface area contributed by atoms with Gasteiger partial charge < -0.3 is 30.3 Å². The third kappa shape index (κ3) is 5.83. The van der Waals surface area contributed by atoms with Crippen molar-refractivity contribution in [2.45, 2.75) is 66.1 Å². The molecule has 3 atom stereocenters. The number of allylic oxidation sites excluding steroid dienone is 5. The number of rotatable bonds is 8. The van der Waals surface area contributed by atoms with Crippen LogP contribution in [0, 0.1) is 5.92 Å². The van der Waals surface area contributed by atoms with Crippen LogP contribution in [0.25, 0.3) is 0 Å². The maximum Gasteiger partial charge on any atom is 0.202 e. The first-order valence-corrected chi connectivity index (χ1v) is 12.3. The van der Waals surface area contributed by atoms with E-state index in [2.05, 4.69) is 12.7 Å². The molecule has 0 bridgehead atoms. The van der Waals surface area contributed by atoms with Crippen LogP contribution in [0.1, 0.15) is 74.2 Å². The van der Waals surface area contributed by atoms with E-state index in [9.17, 15) is 30.3 Å². The molecule has 0 saturated heterocycles. The molecule has 3 rings (SSSR count). The number of phenolic OH excluding ortho intramolecular Hbond substituents is 4. The Bertz CT molecular complexity index is 1280. The number of aliphatic hydroxyl groups excluding tert-OH is 1. The fraction of sp³-hybridized carbons (Fsp3) is 0.367. The maximum atomic E-state index is 13.4. The quantitative estimate of drug-likeness (QED) is 0.286. The molecule has 198 valence electrons. The molecular weight excluding hydrogens is 472 g/mol. The molecular formula is C30H36O7. The topological polar surface area (TPSA) is 127 Å². The van der Waals surface area contributed by atoms with Crippen molar-refractivity contribution >= 4 is 5.78 Å². The summed E-state index contributed by atoms with van der Waals surface area (Å²) in [5.41, 5.74) is 3.35. The summed E-state index contributed by atoms with van der Waals surface area (Å²) in [6.07, 6.45) is 1.94. The number of hydrogen-bond donors (Lipinski definition) is 5. The van der Waals surface area contributed by atoms with Crippen molar-refractivity contribution in [3.63, 3.8) is 0 Å². The Morgan fingerprint density at radius 2 is 1.65 bits per heavy atom. The van der Waals surface area contributed by atoms with Gasteiger partial charge in [-0.25, -0.2) is 0 Å². The molecule has 1 heterocycles. The van der Waals surface area contributed by atoms with Crippen molar-refractivity contribution in [1.82, 2.24) is 0 Å². The number of aliphatic hydroxyl groups is 1. The van der Waals surface area contributed by atoms with Gasteiger partial charge in [-0.15, -0.1) is 0 Å². The molecule has 0 aromatic heterocycles. The van der Waals surface area contributed by atoms with Crippen LogP contribution in [-0.2, 0) is 12.8 Å². The maximum absolute atomic E-state index is 13.4. The average Bonchev–Trinajstić information content (AvgIpc) is 2.80. The van der Waals surface area contributed by atoms with Gasteiger partial charge in [-0.3, -0.25) is 4.79 Å². The minimum absolute atomic E-state index is 0.0350. The molecule has 0 fully saturated rings. The van der Waals surface area contributed by atoms with Crippen LogP contribution in [0.5, 0.6) is 28.7 Å².